The number of ether oxygens (including phenoxy) is 1. The van der Waals surface area contributed by atoms with Gasteiger partial charge in [0.15, 0.2) is 22.5 Å². The van der Waals surface area contributed by atoms with Gasteiger partial charge in [-0.25, -0.2) is 9.48 Å². The van der Waals surface area contributed by atoms with Crippen LogP contribution in [0.3, 0.4) is 0 Å². The highest BCUT2D eigenvalue weighted by molar-refractivity contribution is 5.88. The Morgan fingerprint density at radius 2 is 2.00 bits per heavy atom. The van der Waals surface area contributed by atoms with Crippen molar-refractivity contribution in [1.29, 1.82) is 0 Å². The third-order valence-electron chi connectivity index (χ3n) is 5.86. The Morgan fingerprint density at radius 1 is 1.28 bits per heavy atom. The summed E-state index contributed by atoms with van der Waals surface area (Å²) in [7, 11) is 0. The van der Waals surface area contributed by atoms with Crippen LogP contribution in [0.4, 0.5) is 19.6 Å². The molecule has 3 aromatic rings. The lowest BCUT2D eigenvalue weighted by molar-refractivity contribution is -0.275. The summed E-state index contributed by atoms with van der Waals surface area (Å²) in [4.78, 5) is 19.0. The molecule has 6 rings (SSSR count). The number of hydrogen-bond donors (Lipinski definition) is 2. The second-order valence-corrected chi connectivity index (χ2v) is 8.52. The van der Waals surface area contributed by atoms with Gasteiger partial charge in [-0.2, -0.15) is 18.9 Å². The molecule has 170 valence electrons. The zero-order valence-corrected chi connectivity index (χ0v) is 17.3. The number of carbonyl (C=O) groups is 1. The van der Waals surface area contributed by atoms with E-state index >= 15 is 0 Å². The molecule has 1 amide bonds. The molecule has 0 saturated carbocycles. The number of benzene rings is 1. The number of anilines is 1. The van der Waals surface area contributed by atoms with Crippen LogP contribution >= 0.6 is 0 Å². The highest BCUT2D eigenvalue weighted by Crippen LogP contribution is 2.40. The minimum Gasteiger partial charge on any atom is -0.465 e. The summed E-state index contributed by atoms with van der Waals surface area (Å²) in [5, 5.41) is 23.3. The number of oxazole rings is 1. The number of alkyl halides is 2. The van der Waals surface area contributed by atoms with E-state index < -0.39 is 17.8 Å². The molecule has 2 unspecified atom stereocenters. The lowest BCUT2D eigenvalue weighted by Gasteiger charge is -2.54. The first-order valence-electron chi connectivity index (χ1n) is 10.0. The average Bonchev–Trinajstić information content (AvgIpc) is 3.37. The maximum atomic E-state index is 14.4. The molecule has 5 heterocycles. The number of hydrogen-bond acceptors (Lipinski definition) is 7. The van der Waals surface area contributed by atoms with E-state index in [9.17, 15) is 23.8 Å². The smallest absolute Gasteiger partial charge is 0.426 e. The predicted molar refractivity (Wildman–Crippen MR) is 107 cm³/mol. The maximum absolute atomic E-state index is 14.4. The molecule has 2 N–H and O–H groups in total. The van der Waals surface area contributed by atoms with E-state index in [0.29, 0.717) is 18.8 Å². The first-order chi connectivity index (χ1) is 15.0. The van der Waals surface area contributed by atoms with Gasteiger partial charge in [0.2, 0.25) is 0 Å². The second-order valence-electron chi connectivity index (χ2n) is 8.52. The van der Waals surface area contributed by atoms with E-state index in [1.165, 1.54) is 21.7 Å². The second kappa shape index (κ2) is 6.79. The fourth-order valence-corrected chi connectivity index (χ4v) is 4.11. The van der Waals surface area contributed by atoms with Crippen LogP contribution in [0.2, 0.25) is 0 Å². The number of piperazine rings is 1. The first-order valence-corrected chi connectivity index (χ1v) is 10.0. The van der Waals surface area contributed by atoms with Crippen LogP contribution in [0.5, 0.6) is 5.75 Å². The Kier molecular flexibility index (Phi) is 4.35. The SMILES string of the molecule is CC(C)(O)C(F)(F)Oc1ccc(-n2cccn2)c2oc(N3CC4CC(C3)N4C(=O)O)nc12. The number of nitrogens with zero attached hydrogens (tertiary/aromatic N) is 5. The molecule has 0 radical (unpaired) electrons. The van der Waals surface area contributed by atoms with E-state index in [-0.39, 0.29) is 34.9 Å². The molecule has 3 aliphatic heterocycles. The van der Waals surface area contributed by atoms with Crippen molar-refractivity contribution in [3.63, 3.8) is 0 Å². The molecule has 3 saturated heterocycles. The Morgan fingerprint density at radius 3 is 2.59 bits per heavy atom. The van der Waals surface area contributed by atoms with Crippen molar-refractivity contribution in [3.8, 4) is 11.4 Å². The van der Waals surface area contributed by atoms with E-state index in [4.69, 9.17) is 9.15 Å². The number of rotatable bonds is 5. The van der Waals surface area contributed by atoms with Crippen LogP contribution in [0.25, 0.3) is 16.8 Å². The number of fused-ring (bicyclic) bond motifs is 3. The van der Waals surface area contributed by atoms with Gasteiger partial charge >= 0.3 is 12.2 Å². The van der Waals surface area contributed by atoms with Gasteiger partial charge in [0, 0.05) is 25.5 Å². The van der Waals surface area contributed by atoms with Gasteiger partial charge in [0.05, 0.1) is 12.1 Å². The number of piperidine rings is 1. The average molecular weight is 449 g/mol. The largest absolute Gasteiger partial charge is 0.465 e. The minimum absolute atomic E-state index is 0.0475. The van der Waals surface area contributed by atoms with Crippen LogP contribution in [-0.4, -0.2) is 72.9 Å². The lowest BCUT2D eigenvalue weighted by atomic mass is 9.88. The summed E-state index contributed by atoms with van der Waals surface area (Å²) in [5.74, 6) is -0.257. The summed E-state index contributed by atoms with van der Waals surface area (Å²) in [5.41, 5.74) is -1.73. The lowest BCUT2D eigenvalue weighted by Crippen LogP contribution is -2.70. The number of aromatic nitrogens is 3. The number of aliphatic hydroxyl groups is 1. The molecular formula is C20H21F2N5O5. The molecule has 12 heteroatoms. The van der Waals surface area contributed by atoms with Crippen LogP contribution in [0, 0.1) is 0 Å². The van der Waals surface area contributed by atoms with Crippen LogP contribution < -0.4 is 9.64 Å². The highest BCUT2D eigenvalue weighted by atomic mass is 19.3. The Hall–Kier alpha value is -3.41. The van der Waals surface area contributed by atoms with Gasteiger partial charge in [0.1, 0.15) is 5.69 Å². The molecule has 0 spiro atoms. The van der Waals surface area contributed by atoms with Crippen LogP contribution in [0.15, 0.2) is 35.0 Å². The summed E-state index contributed by atoms with van der Waals surface area (Å²) in [6.45, 7) is 2.65. The van der Waals surface area contributed by atoms with E-state index in [0.717, 1.165) is 20.3 Å². The topological polar surface area (TPSA) is 117 Å². The molecule has 3 aliphatic rings. The Bertz CT molecular complexity index is 1160. The minimum atomic E-state index is -3.89. The molecule has 3 fully saturated rings. The third-order valence-corrected chi connectivity index (χ3v) is 5.86. The van der Waals surface area contributed by atoms with Gasteiger partial charge in [-0.1, -0.05) is 0 Å². The molecule has 10 nitrogen and oxygen atoms in total. The van der Waals surface area contributed by atoms with Crippen molar-refractivity contribution in [2.24, 2.45) is 0 Å². The predicted octanol–water partition coefficient (Wildman–Crippen LogP) is 2.70. The third kappa shape index (κ3) is 3.13. The number of halogens is 2. The van der Waals surface area contributed by atoms with Gasteiger partial charge in [-0.15, -0.1) is 0 Å². The standard InChI is InChI=1S/C20H21F2N5O5/c1-19(2,30)20(21,22)32-14-5-4-13(26-7-3-6-23-26)16-15(14)24-17(31-16)25-9-11-8-12(10-25)27(11)18(28)29/h3-7,11-12,30H,8-10H2,1-2H3,(H,28,29). The zero-order chi connectivity index (χ0) is 22.8. The van der Waals surface area contributed by atoms with Gasteiger partial charge in [-0.05, 0) is 38.5 Å². The first kappa shape index (κ1) is 20.5. The quantitative estimate of drug-likeness (QED) is 0.611. The molecule has 32 heavy (non-hydrogen) atoms. The van der Waals surface area contributed by atoms with Crippen molar-refractivity contribution < 1.29 is 32.9 Å². The summed E-state index contributed by atoms with van der Waals surface area (Å²) in [6.07, 6.45) is -0.860. The summed E-state index contributed by atoms with van der Waals surface area (Å²) < 4.78 is 41.2. The summed E-state index contributed by atoms with van der Waals surface area (Å²) in [6, 6.07) is 4.36. The van der Waals surface area contributed by atoms with Crippen molar-refractivity contribution in [1.82, 2.24) is 19.7 Å². The number of amides is 1. The molecule has 0 aliphatic carbocycles. The number of carboxylic acid groups (broad SMARTS) is 1. The fraction of sp³-hybridized carbons (Fsp3) is 0.450. The van der Waals surface area contributed by atoms with Crippen molar-refractivity contribution in [3.05, 3.63) is 30.6 Å². The molecule has 1 aromatic carbocycles. The van der Waals surface area contributed by atoms with Crippen LogP contribution in [-0.2, 0) is 0 Å². The molecule has 2 atom stereocenters. The fourth-order valence-electron chi connectivity index (χ4n) is 4.11. The monoisotopic (exact) mass is 449 g/mol. The van der Waals surface area contributed by atoms with Gasteiger partial charge in [-0.3, -0.25) is 4.90 Å². The molecule has 2 bridgehead atoms. The maximum Gasteiger partial charge on any atom is 0.426 e. The van der Waals surface area contributed by atoms with E-state index in [1.807, 2.05) is 0 Å². The van der Waals surface area contributed by atoms with Crippen LogP contribution in [0.1, 0.15) is 20.3 Å². The summed E-state index contributed by atoms with van der Waals surface area (Å²) >= 11 is 0. The van der Waals surface area contributed by atoms with Crippen molar-refractivity contribution in [2.75, 3.05) is 18.0 Å². The Balaban J connectivity index is 1.55. The zero-order valence-electron chi connectivity index (χ0n) is 17.3. The van der Waals surface area contributed by atoms with Crippen molar-refractivity contribution >= 4 is 23.2 Å². The van der Waals surface area contributed by atoms with E-state index in [2.05, 4.69) is 10.1 Å². The van der Waals surface area contributed by atoms with Gasteiger partial charge < -0.3 is 24.3 Å². The van der Waals surface area contributed by atoms with Gasteiger partial charge in [0.25, 0.3) is 6.01 Å². The Labute approximate surface area is 180 Å². The van der Waals surface area contributed by atoms with E-state index in [1.54, 1.807) is 23.4 Å². The van der Waals surface area contributed by atoms with Crippen molar-refractivity contribution in [2.45, 2.75) is 44.1 Å². The highest BCUT2D eigenvalue weighted by Gasteiger charge is 2.50. The normalized spacial score (nSPS) is 21.0. The molecular weight excluding hydrogens is 428 g/mol. The molecule has 2 aromatic heterocycles.